The van der Waals surface area contributed by atoms with Crippen LogP contribution in [0.25, 0.3) is 10.8 Å². The van der Waals surface area contributed by atoms with Gasteiger partial charge in [0.05, 0.1) is 16.8 Å². The molecule has 0 aliphatic rings. The lowest BCUT2D eigenvalue weighted by atomic mass is 10.0. The third-order valence-electron chi connectivity index (χ3n) is 6.08. The summed E-state index contributed by atoms with van der Waals surface area (Å²) in [5.41, 5.74) is 4.56. The molecule has 5 aromatic rings. The standard InChI is InChI=1S/C32H21Cl3N2O4/c33-23-10-5-20(6-11-23)19-40-25-13-7-22(8-14-25)31(38)37-36-18-28-26-4-2-1-3-21(26)9-16-30(28)41-32(39)27-15-12-24(34)17-29(27)35/h1-18H,19H2,(H,37,38)/b36-18+. The lowest BCUT2D eigenvalue weighted by Crippen LogP contribution is -2.17. The minimum atomic E-state index is -0.654. The molecule has 6 nitrogen and oxygen atoms in total. The molecule has 9 heteroatoms. The van der Waals surface area contributed by atoms with Gasteiger partial charge in [-0.05, 0) is 77.0 Å². The molecule has 1 N–H and O–H groups in total. The van der Waals surface area contributed by atoms with Crippen molar-refractivity contribution in [2.45, 2.75) is 6.61 Å². The van der Waals surface area contributed by atoms with Gasteiger partial charge >= 0.3 is 5.97 Å². The van der Waals surface area contributed by atoms with Crippen LogP contribution in [0.3, 0.4) is 0 Å². The number of hydrogen-bond donors (Lipinski definition) is 1. The largest absolute Gasteiger partial charge is 0.489 e. The van der Waals surface area contributed by atoms with E-state index in [0.717, 1.165) is 16.3 Å². The van der Waals surface area contributed by atoms with Crippen LogP contribution in [0.4, 0.5) is 0 Å². The number of esters is 1. The number of nitrogens with zero attached hydrogens (tertiary/aromatic N) is 1. The molecule has 0 saturated heterocycles. The van der Waals surface area contributed by atoms with Crippen molar-refractivity contribution in [2.75, 3.05) is 0 Å². The molecular formula is C32H21Cl3N2O4. The number of benzene rings is 5. The lowest BCUT2D eigenvalue weighted by molar-refractivity contribution is 0.0734. The molecular weight excluding hydrogens is 583 g/mol. The highest BCUT2D eigenvalue weighted by Crippen LogP contribution is 2.29. The van der Waals surface area contributed by atoms with E-state index in [2.05, 4.69) is 10.5 Å². The number of halogens is 3. The SMILES string of the molecule is O=C(N/N=C/c1c(OC(=O)c2ccc(Cl)cc2Cl)ccc2ccccc12)c1ccc(OCc2ccc(Cl)cc2)cc1. The molecule has 41 heavy (non-hydrogen) atoms. The second kappa shape index (κ2) is 12.9. The van der Waals surface area contributed by atoms with E-state index in [0.29, 0.717) is 33.5 Å². The minimum Gasteiger partial charge on any atom is -0.489 e. The van der Waals surface area contributed by atoms with Crippen LogP contribution >= 0.6 is 34.8 Å². The van der Waals surface area contributed by atoms with Crippen molar-refractivity contribution < 1.29 is 19.1 Å². The van der Waals surface area contributed by atoms with E-state index in [1.165, 1.54) is 18.3 Å². The molecule has 204 valence electrons. The predicted octanol–water partition coefficient (Wildman–Crippen LogP) is 8.36. The Balaban J connectivity index is 1.29. The number of hydrogen-bond acceptors (Lipinski definition) is 5. The van der Waals surface area contributed by atoms with Crippen LogP contribution in [0.2, 0.25) is 15.1 Å². The van der Waals surface area contributed by atoms with Crippen molar-refractivity contribution in [1.29, 1.82) is 0 Å². The summed E-state index contributed by atoms with van der Waals surface area (Å²) >= 11 is 18.1. The molecule has 0 heterocycles. The van der Waals surface area contributed by atoms with Crippen LogP contribution in [-0.2, 0) is 6.61 Å². The zero-order valence-electron chi connectivity index (χ0n) is 21.3. The molecule has 0 saturated carbocycles. The Morgan fingerprint density at radius 3 is 2.29 bits per heavy atom. The van der Waals surface area contributed by atoms with Gasteiger partial charge in [-0.3, -0.25) is 4.79 Å². The van der Waals surface area contributed by atoms with E-state index in [1.54, 1.807) is 48.5 Å². The van der Waals surface area contributed by atoms with Crippen LogP contribution in [0.5, 0.6) is 11.5 Å². The van der Waals surface area contributed by atoms with Gasteiger partial charge in [0.15, 0.2) is 0 Å². The van der Waals surface area contributed by atoms with E-state index in [1.807, 2.05) is 42.5 Å². The first-order chi connectivity index (χ1) is 19.9. The summed E-state index contributed by atoms with van der Waals surface area (Å²) in [6, 6.07) is 29.6. The number of carbonyl (C=O) groups is 2. The summed E-state index contributed by atoms with van der Waals surface area (Å²) < 4.78 is 11.5. The molecule has 0 aliphatic heterocycles. The maximum Gasteiger partial charge on any atom is 0.345 e. The van der Waals surface area contributed by atoms with Gasteiger partial charge < -0.3 is 9.47 Å². The molecule has 0 aromatic heterocycles. The second-order valence-electron chi connectivity index (χ2n) is 8.85. The molecule has 0 aliphatic carbocycles. The number of fused-ring (bicyclic) bond motifs is 1. The van der Waals surface area contributed by atoms with Crippen LogP contribution in [0, 0.1) is 0 Å². The Hall–Kier alpha value is -4.36. The number of amides is 1. The Morgan fingerprint density at radius 2 is 1.54 bits per heavy atom. The van der Waals surface area contributed by atoms with Gasteiger partial charge in [-0.1, -0.05) is 77.3 Å². The van der Waals surface area contributed by atoms with Gasteiger partial charge in [0.2, 0.25) is 0 Å². The van der Waals surface area contributed by atoms with Crippen LogP contribution in [-0.4, -0.2) is 18.1 Å². The van der Waals surface area contributed by atoms with Crippen LogP contribution < -0.4 is 14.9 Å². The van der Waals surface area contributed by atoms with Crippen molar-refractivity contribution >= 4 is 63.7 Å². The first-order valence-electron chi connectivity index (χ1n) is 12.4. The molecule has 0 fully saturated rings. The van der Waals surface area contributed by atoms with Crippen molar-refractivity contribution in [1.82, 2.24) is 5.43 Å². The Labute approximate surface area is 251 Å². The summed E-state index contributed by atoms with van der Waals surface area (Å²) in [7, 11) is 0. The van der Waals surface area contributed by atoms with Gasteiger partial charge in [-0.15, -0.1) is 0 Å². The first kappa shape index (κ1) is 28.2. The lowest BCUT2D eigenvalue weighted by Gasteiger charge is -2.11. The number of ether oxygens (including phenoxy) is 2. The quantitative estimate of drug-likeness (QED) is 0.0837. The van der Waals surface area contributed by atoms with E-state index in [4.69, 9.17) is 44.3 Å². The normalized spacial score (nSPS) is 11.0. The Kier molecular flexibility index (Phi) is 8.85. The van der Waals surface area contributed by atoms with Crippen LogP contribution in [0.1, 0.15) is 31.8 Å². The van der Waals surface area contributed by atoms with E-state index in [-0.39, 0.29) is 16.3 Å². The van der Waals surface area contributed by atoms with Crippen molar-refractivity contribution in [2.24, 2.45) is 5.10 Å². The van der Waals surface area contributed by atoms with E-state index >= 15 is 0 Å². The average Bonchev–Trinajstić information content (AvgIpc) is 2.98. The number of rotatable bonds is 8. The number of nitrogens with one attached hydrogen (secondary N) is 1. The molecule has 5 rings (SSSR count). The molecule has 0 spiro atoms. The van der Waals surface area contributed by atoms with Gasteiger partial charge in [-0.25, -0.2) is 10.2 Å². The summed E-state index contributed by atoms with van der Waals surface area (Å²) in [6.45, 7) is 0.370. The molecule has 0 atom stereocenters. The van der Waals surface area contributed by atoms with Gasteiger partial charge in [-0.2, -0.15) is 5.10 Å². The number of carbonyl (C=O) groups excluding carboxylic acids is 2. The van der Waals surface area contributed by atoms with Gasteiger partial charge in [0, 0.05) is 21.2 Å². The minimum absolute atomic E-state index is 0.168. The molecule has 0 unspecified atom stereocenters. The second-order valence-corrected chi connectivity index (χ2v) is 10.1. The zero-order chi connectivity index (χ0) is 28.8. The fraction of sp³-hybridized carbons (Fsp3) is 0.0312. The maximum atomic E-state index is 12.9. The Bertz CT molecular complexity index is 1750. The van der Waals surface area contributed by atoms with Crippen molar-refractivity contribution in [3.63, 3.8) is 0 Å². The average molecular weight is 604 g/mol. The third-order valence-corrected chi connectivity index (χ3v) is 6.88. The molecule has 5 aromatic carbocycles. The molecule has 0 bridgehead atoms. The Morgan fingerprint density at radius 1 is 0.805 bits per heavy atom. The highest BCUT2D eigenvalue weighted by Gasteiger charge is 2.16. The summed E-state index contributed by atoms with van der Waals surface area (Å²) in [6.07, 6.45) is 1.44. The molecule has 0 radical (unpaired) electrons. The monoisotopic (exact) mass is 602 g/mol. The number of hydrazone groups is 1. The fourth-order valence-electron chi connectivity index (χ4n) is 3.98. The third kappa shape index (κ3) is 7.05. The van der Waals surface area contributed by atoms with E-state index in [9.17, 15) is 9.59 Å². The molecule has 1 amide bonds. The van der Waals surface area contributed by atoms with Crippen LogP contribution in [0.15, 0.2) is 108 Å². The zero-order valence-corrected chi connectivity index (χ0v) is 23.6. The smallest absolute Gasteiger partial charge is 0.345 e. The maximum absolute atomic E-state index is 12.9. The van der Waals surface area contributed by atoms with Crippen molar-refractivity contribution in [3.05, 3.63) is 140 Å². The van der Waals surface area contributed by atoms with E-state index < -0.39 is 11.9 Å². The first-order valence-corrected chi connectivity index (χ1v) is 13.5. The topological polar surface area (TPSA) is 77.0 Å². The summed E-state index contributed by atoms with van der Waals surface area (Å²) in [5.74, 6) is -0.209. The summed E-state index contributed by atoms with van der Waals surface area (Å²) in [5, 5.41) is 7.06. The van der Waals surface area contributed by atoms with Crippen molar-refractivity contribution in [3.8, 4) is 11.5 Å². The highest BCUT2D eigenvalue weighted by molar-refractivity contribution is 6.36. The predicted molar refractivity (Wildman–Crippen MR) is 163 cm³/mol. The fourth-order valence-corrected chi connectivity index (χ4v) is 4.59. The van der Waals surface area contributed by atoms with Gasteiger partial charge in [0.1, 0.15) is 18.1 Å². The summed E-state index contributed by atoms with van der Waals surface area (Å²) in [4.78, 5) is 25.6. The van der Waals surface area contributed by atoms with Gasteiger partial charge in [0.25, 0.3) is 5.91 Å². The highest BCUT2D eigenvalue weighted by atomic mass is 35.5.